The largest absolute Gasteiger partial charge is 0.396 e. The molecule has 0 spiro atoms. The van der Waals surface area contributed by atoms with Gasteiger partial charge >= 0.3 is 0 Å². The van der Waals surface area contributed by atoms with Gasteiger partial charge in [0.25, 0.3) is 5.91 Å². The Balaban J connectivity index is 2.11. The van der Waals surface area contributed by atoms with Crippen LogP contribution in [-0.4, -0.2) is 23.9 Å². The second-order valence-electron chi connectivity index (χ2n) is 5.73. The van der Waals surface area contributed by atoms with Crippen LogP contribution < -0.4 is 5.73 Å². The van der Waals surface area contributed by atoms with Gasteiger partial charge in [0.05, 0.1) is 11.3 Å². The first kappa shape index (κ1) is 16.3. The Morgan fingerprint density at radius 3 is 2.90 bits per heavy atom. The third kappa shape index (κ3) is 3.96. The van der Waals surface area contributed by atoms with Crippen molar-refractivity contribution in [2.45, 2.75) is 39.0 Å². The highest BCUT2D eigenvalue weighted by Crippen LogP contribution is 2.27. The molecule has 0 aromatic heterocycles. The van der Waals surface area contributed by atoms with E-state index >= 15 is 0 Å². The maximum absolute atomic E-state index is 13.4. The smallest absolute Gasteiger partial charge is 0.255 e. The quantitative estimate of drug-likeness (QED) is 0.824. The van der Waals surface area contributed by atoms with Gasteiger partial charge in [-0.3, -0.25) is 4.79 Å². The molecular formula is C16H22BrFN2O. The molecule has 1 aromatic rings. The Morgan fingerprint density at radius 1 is 1.43 bits per heavy atom. The lowest BCUT2D eigenvalue weighted by Gasteiger charge is -2.21. The summed E-state index contributed by atoms with van der Waals surface area (Å²) in [6, 6.07) is 2.69. The highest BCUT2D eigenvalue weighted by Gasteiger charge is 2.23. The van der Waals surface area contributed by atoms with Crippen molar-refractivity contribution in [1.82, 2.24) is 4.90 Å². The molecule has 1 unspecified atom stereocenters. The molecule has 3 nitrogen and oxygen atoms in total. The number of halogens is 2. The van der Waals surface area contributed by atoms with E-state index in [1.807, 2.05) is 4.90 Å². The van der Waals surface area contributed by atoms with E-state index in [2.05, 4.69) is 22.9 Å². The first-order valence-electron chi connectivity index (χ1n) is 7.56. The number of carbonyl (C=O) groups excluding carboxylic acids is 1. The number of anilines is 1. The Hall–Kier alpha value is -1.10. The number of hydrogen-bond donors (Lipinski definition) is 1. The first-order chi connectivity index (χ1) is 10.0. The van der Waals surface area contributed by atoms with Gasteiger partial charge in [-0.1, -0.05) is 19.8 Å². The number of hydrogen-bond acceptors (Lipinski definition) is 2. The summed E-state index contributed by atoms with van der Waals surface area (Å²) in [6.07, 6.45) is 5.69. The molecule has 1 amide bonds. The van der Waals surface area contributed by atoms with Gasteiger partial charge in [-0.2, -0.15) is 0 Å². The van der Waals surface area contributed by atoms with Gasteiger partial charge < -0.3 is 10.6 Å². The fourth-order valence-corrected chi connectivity index (χ4v) is 3.45. The van der Waals surface area contributed by atoms with E-state index in [9.17, 15) is 9.18 Å². The van der Waals surface area contributed by atoms with Crippen LogP contribution in [0.5, 0.6) is 0 Å². The summed E-state index contributed by atoms with van der Waals surface area (Å²) in [7, 11) is 0. The van der Waals surface area contributed by atoms with Crippen LogP contribution in [0, 0.1) is 11.7 Å². The monoisotopic (exact) mass is 356 g/mol. The summed E-state index contributed by atoms with van der Waals surface area (Å²) in [5.74, 6) is 0.151. The molecule has 0 aliphatic carbocycles. The van der Waals surface area contributed by atoms with Crippen molar-refractivity contribution in [3.63, 3.8) is 0 Å². The minimum Gasteiger partial charge on any atom is -0.396 e. The second kappa shape index (κ2) is 7.25. The van der Waals surface area contributed by atoms with E-state index in [1.165, 1.54) is 31.4 Å². The summed E-state index contributed by atoms with van der Waals surface area (Å²) in [4.78, 5) is 14.5. The number of benzene rings is 1. The van der Waals surface area contributed by atoms with E-state index in [0.29, 0.717) is 10.0 Å². The molecule has 1 fully saturated rings. The number of nitrogens with zero attached hydrogens (tertiary/aromatic N) is 1. The van der Waals surface area contributed by atoms with Crippen molar-refractivity contribution >= 4 is 27.5 Å². The van der Waals surface area contributed by atoms with Gasteiger partial charge in [-0.05, 0) is 53.2 Å². The predicted octanol–water partition coefficient (Wildman–Crippen LogP) is 4.21. The third-order valence-electron chi connectivity index (χ3n) is 4.15. The topological polar surface area (TPSA) is 46.3 Å². The van der Waals surface area contributed by atoms with Crippen LogP contribution >= 0.6 is 15.9 Å². The maximum Gasteiger partial charge on any atom is 0.255 e. The molecule has 2 rings (SSSR count). The highest BCUT2D eigenvalue weighted by molar-refractivity contribution is 9.10. The Kier molecular flexibility index (Phi) is 5.62. The van der Waals surface area contributed by atoms with Crippen molar-refractivity contribution in [2.75, 3.05) is 18.8 Å². The van der Waals surface area contributed by atoms with Crippen LogP contribution in [-0.2, 0) is 0 Å². The van der Waals surface area contributed by atoms with E-state index in [0.717, 1.165) is 31.8 Å². The molecule has 21 heavy (non-hydrogen) atoms. The van der Waals surface area contributed by atoms with Gasteiger partial charge in [0, 0.05) is 17.6 Å². The minimum atomic E-state index is -0.502. The molecule has 1 aromatic carbocycles. The van der Waals surface area contributed by atoms with Crippen molar-refractivity contribution in [3.8, 4) is 0 Å². The lowest BCUT2D eigenvalue weighted by molar-refractivity contribution is 0.0759. The number of carbonyl (C=O) groups is 1. The van der Waals surface area contributed by atoms with Crippen LogP contribution in [0.25, 0.3) is 0 Å². The summed E-state index contributed by atoms with van der Waals surface area (Å²) in [5, 5.41) is 0. The predicted molar refractivity (Wildman–Crippen MR) is 86.7 cm³/mol. The van der Waals surface area contributed by atoms with Gasteiger partial charge in [0.15, 0.2) is 0 Å². The van der Waals surface area contributed by atoms with Crippen LogP contribution in [0.15, 0.2) is 16.6 Å². The average molecular weight is 357 g/mol. The first-order valence-corrected chi connectivity index (χ1v) is 8.36. The van der Waals surface area contributed by atoms with E-state index in [4.69, 9.17) is 5.73 Å². The Morgan fingerprint density at radius 2 is 2.19 bits per heavy atom. The summed E-state index contributed by atoms with van der Waals surface area (Å²) in [5.41, 5.74) is 6.04. The summed E-state index contributed by atoms with van der Waals surface area (Å²) in [6.45, 7) is 3.74. The van der Waals surface area contributed by atoms with Gasteiger partial charge in [0.1, 0.15) is 5.82 Å². The molecule has 1 heterocycles. The number of likely N-dealkylation sites (tertiary alicyclic amines) is 1. The fraction of sp³-hybridized carbons (Fsp3) is 0.562. The molecule has 1 aliphatic heterocycles. The molecule has 116 valence electrons. The van der Waals surface area contributed by atoms with Crippen molar-refractivity contribution in [1.29, 1.82) is 0 Å². The van der Waals surface area contributed by atoms with Gasteiger partial charge in [-0.25, -0.2) is 4.39 Å². The Bertz CT molecular complexity index is 521. The maximum atomic E-state index is 13.4. The van der Waals surface area contributed by atoms with E-state index in [1.54, 1.807) is 0 Å². The number of nitrogen functional groups attached to an aromatic ring is 1. The van der Waals surface area contributed by atoms with Crippen LogP contribution in [0.4, 0.5) is 10.1 Å². The molecule has 0 saturated carbocycles. The van der Waals surface area contributed by atoms with Crippen molar-refractivity contribution in [3.05, 3.63) is 28.0 Å². The minimum absolute atomic E-state index is 0.0141. The molecule has 2 N–H and O–H groups in total. The average Bonchev–Trinajstić information content (AvgIpc) is 2.68. The molecular weight excluding hydrogens is 335 g/mol. The molecule has 0 bridgehead atoms. The molecule has 1 atom stereocenters. The van der Waals surface area contributed by atoms with Crippen LogP contribution in [0.3, 0.4) is 0 Å². The molecule has 0 radical (unpaired) electrons. The van der Waals surface area contributed by atoms with Gasteiger partial charge in [0.2, 0.25) is 0 Å². The number of nitrogens with two attached hydrogens (primary N) is 1. The normalized spacial score (nSPS) is 19.4. The van der Waals surface area contributed by atoms with Crippen molar-refractivity contribution in [2.24, 2.45) is 5.92 Å². The molecule has 5 heteroatoms. The second-order valence-corrected chi connectivity index (χ2v) is 6.59. The summed E-state index contributed by atoms with van der Waals surface area (Å²) < 4.78 is 13.9. The van der Waals surface area contributed by atoms with Crippen LogP contribution in [0.2, 0.25) is 0 Å². The number of amides is 1. The SMILES string of the molecule is CCCC1CCCN(C(=O)c2cc(N)c(F)cc2Br)CC1. The highest BCUT2D eigenvalue weighted by atomic mass is 79.9. The Labute approximate surface area is 133 Å². The lowest BCUT2D eigenvalue weighted by Crippen LogP contribution is -2.32. The number of rotatable bonds is 3. The van der Waals surface area contributed by atoms with E-state index < -0.39 is 5.82 Å². The third-order valence-corrected chi connectivity index (χ3v) is 4.80. The fourth-order valence-electron chi connectivity index (χ4n) is 2.97. The van der Waals surface area contributed by atoms with E-state index in [-0.39, 0.29) is 11.6 Å². The zero-order valence-corrected chi connectivity index (χ0v) is 14.0. The van der Waals surface area contributed by atoms with Gasteiger partial charge in [-0.15, -0.1) is 0 Å². The lowest BCUT2D eigenvalue weighted by atomic mass is 9.96. The molecule has 1 aliphatic rings. The van der Waals surface area contributed by atoms with Crippen LogP contribution in [0.1, 0.15) is 49.4 Å². The zero-order chi connectivity index (χ0) is 15.4. The molecule has 1 saturated heterocycles. The van der Waals surface area contributed by atoms with Crippen molar-refractivity contribution < 1.29 is 9.18 Å². The standard InChI is InChI=1S/C16H22BrFN2O/c1-2-4-11-5-3-7-20(8-6-11)16(21)12-9-15(19)14(18)10-13(12)17/h9-11H,2-8,19H2,1H3. The zero-order valence-electron chi connectivity index (χ0n) is 12.4. The summed E-state index contributed by atoms with van der Waals surface area (Å²) >= 11 is 3.26.